The fourth-order valence-electron chi connectivity index (χ4n) is 7.47. The van der Waals surface area contributed by atoms with Gasteiger partial charge in [0.15, 0.2) is 5.60 Å². The minimum Gasteiger partial charge on any atom is -0.496 e. The third-order valence-electron chi connectivity index (χ3n) is 10.4. The van der Waals surface area contributed by atoms with Crippen LogP contribution in [0.15, 0.2) is 54.9 Å². The van der Waals surface area contributed by atoms with Gasteiger partial charge in [-0.15, -0.1) is 0 Å². The number of carbonyl (C=O) groups excluding carboxylic acids is 2. The third-order valence-corrected chi connectivity index (χ3v) is 10.4. The van der Waals surface area contributed by atoms with Crippen LogP contribution in [0.4, 0.5) is 10.5 Å². The van der Waals surface area contributed by atoms with Crippen LogP contribution < -0.4 is 15.0 Å². The molecule has 47 heavy (non-hydrogen) atoms. The molecule has 0 bridgehead atoms. The number of nitrogens with zero attached hydrogens (tertiary/aromatic N) is 3. The Hall–Kier alpha value is -3.85. The molecule has 3 aliphatic rings. The second kappa shape index (κ2) is 14.9. The molecule has 9 nitrogen and oxygen atoms in total. The fourth-order valence-corrected chi connectivity index (χ4v) is 7.47. The number of methoxy groups -OCH3 is 2. The van der Waals surface area contributed by atoms with Gasteiger partial charge in [-0.1, -0.05) is 30.7 Å². The molecule has 0 aliphatic heterocycles. The molecule has 3 saturated carbocycles. The van der Waals surface area contributed by atoms with Crippen LogP contribution in [0.1, 0.15) is 93.7 Å². The van der Waals surface area contributed by atoms with Crippen molar-refractivity contribution in [2.45, 2.75) is 95.1 Å². The number of amides is 2. The number of carbonyl (C=O) groups is 2. The number of hydrogen-bond acceptors (Lipinski definition) is 6. The van der Waals surface area contributed by atoms with E-state index in [4.69, 9.17) is 14.2 Å². The van der Waals surface area contributed by atoms with Crippen LogP contribution in [-0.4, -0.2) is 61.3 Å². The summed E-state index contributed by atoms with van der Waals surface area (Å²) in [5.74, 6) is 1.64. The zero-order valence-electron chi connectivity index (χ0n) is 28.2. The Balaban J connectivity index is 1.25. The van der Waals surface area contributed by atoms with Gasteiger partial charge in [-0.2, -0.15) is 5.10 Å². The van der Waals surface area contributed by atoms with Crippen LogP contribution in [0.25, 0.3) is 11.1 Å². The number of aromatic nitrogens is 2. The molecule has 1 aromatic heterocycles. The molecule has 3 aromatic rings. The average molecular weight is 643 g/mol. The van der Waals surface area contributed by atoms with E-state index in [1.54, 1.807) is 14.2 Å². The van der Waals surface area contributed by atoms with E-state index in [-0.39, 0.29) is 5.91 Å². The van der Waals surface area contributed by atoms with Crippen molar-refractivity contribution in [3.63, 3.8) is 0 Å². The Labute approximate surface area is 279 Å². The molecular weight excluding hydrogens is 592 g/mol. The van der Waals surface area contributed by atoms with Gasteiger partial charge < -0.3 is 24.4 Å². The van der Waals surface area contributed by atoms with Gasteiger partial charge >= 0.3 is 6.09 Å². The molecule has 252 valence electrons. The van der Waals surface area contributed by atoms with Gasteiger partial charge in [0.1, 0.15) is 5.75 Å². The topological polar surface area (TPSA) is 94.9 Å². The average Bonchev–Trinajstić information content (AvgIpc) is 3.83. The summed E-state index contributed by atoms with van der Waals surface area (Å²) in [6.45, 7) is 3.40. The van der Waals surface area contributed by atoms with Crippen molar-refractivity contribution in [2.24, 2.45) is 5.92 Å². The van der Waals surface area contributed by atoms with Crippen molar-refractivity contribution in [2.75, 3.05) is 38.8 Å². The molecular formula is C38H50N4O5. The van der Waals surface area contributed by atoms with Crippen LogP contribution in [-0.2, 0) is 14.3 Å². The maximum Gasteiger partial charge on any atom is 0.408 e. The molecule has 6 rings (SSSR count). The van der Waals surface area contributed by atoms with E-state index in [0.29, 0.717) is 50.4 Å². The highest BCUT2D eigenvalue weighted by atomic mass is 16.6. The summed E-state index contributed by atoms with van der Waals surface area (Å²) < 4.78 is 18.8. The molecule has 2 aromatic carbocycles. The highest BCUT2D eigenvalue weighted by Gasteiger charge is 2.47. The number of hydrogen-bond donors (Lipinski definition) is 1. The quantitative estimate of drug-likeness (QED) is 0.205. The number of benzene rings is 2. The number of alkyl carbamates (subject to hydrolysis) is 1. The van der Waals surface area contributed by atoms with Crippen molar-refractivity contribution < 1.29 is 23.8 Å². The Morgan fingerprint density at radius 3 is 2.47 bits per heavy atom. The van der Waals surface area contributed by atoms with E-state index in [2.05, 4.69) is 58.5 Å². The van der Waals surface area contributed by atoms with Crippen molar-refractivity contribution in [1.82, 2.24) is 15.1 Å². The zero-order chi connectivity index (χ0) is 32.8. The Morgan fingerprint density at radius 1 is 0.979 bits per heavy atom. The van der Waals surface area contributed by atoms with Crippen molar-refractivity contribution in [1.29, 1.82) is 0 Å². The van der Waals surface area contributed by atoms with Gasteiger partial charge in [-0.05, 0) is 118 Å². The number of ether oxygens (including phenoxy) is 3. The summed E-state index contributed by atoms with van der Waals surface area (Å²) in [5, 5.41) is 7.38. The maximum absolute atomic E-state index is 14.9. The van der Waals surface area contributed by atoms with E-state index < -0.39 is 11.7 Å². The Kier molecular flexibility index (Phi) is 10.5. The molecule has 1 N–H and O–H groups in total. The largest absolute Gasteiger partial charge is 0.496 e. The first-order valence-electron chi connectivity index (χ1n) is 17.5. The SMILES string of the molecule is COCCNC(=O)OC1(C(=O)N(C[C@H]2CC[C@H](c3ccc(OC)c(C)c3)CC2)c2cccc(-c3cnn(C4CC4)c3)c2)CCCCC1. The van der Waals surface area contributed by atoms with E-state index in [0.717, 1.165) is 73.1 Å². The van der Waals surface area contributed by atoms with Gasteiger partial charge in [-0.25, -0.2) is 4.79 Å². The lowest BCUT2D eigenvalue weighted by atomic mass is 9.77. The highest BCUT2D eigenvalue weighted by Crippen LogP contribution is 2.41. The molecule has 3 aliphatic carbocycles. The summed E-state index contributed by atoms with van der Waals surface area (Å²) in [5.41, 5.74) is 4.25. The summed E-state index contributed by atoms with van der Waals surface area (Å²) in [7, 11) is 3.31. The van der Waals surface area contributed by atoms with Gasteiger partial charge in [0, 0.05) is 37.6 Å². The Morgan fingerprint density at radius 2 is 1.77 bits per heavy atom. The van der Waals surface area contributed by atoms with Crippen molar-refractivity contribution >= 4 is 17.7 Å². The Bertz CT molecular complexity index is 1520. The predicted octanol–water partition coefficient (Wildman–Crippen LogP) is 7.58. The van der Waals surface area contributed by atoms with E-state index in [1.807, 2.05) is 23.2 Å². The molecule has 0 saturated heterocycles. The monoisotopic (exact) mass is 642 g/mol. The van der Waals surface area contributed by atoms with E-state index >= 15 is 0 Å². The standard InChI is InChI=1S/C38H50N4O5/c1-27-22-31(14-17-35(27)46-3)29-12-10-28(11-13-29)25-41(34-9-7-8-30(23-34)32-24-40-42(26-32)33-15-16-33)36(43)38(18-5-4-6-19-38)47-37(44)39-20-21-45-2/h7-9,14,17,22-24,26,28-29,33H,4-6,10-13,15-16,18-21,25H2,1-3H3,(H,39,44)/t28-,29-. The summed E-state index contributed by atoms with van der Waals surface area (Å²) in [4.78, 5) is 29.8. The van der Waals surface area contributed by atoms with Gasteiger partial charge in [0.2, 0.25) is 0 Å². The summed E-state index contributed by atoms with van der Waals surface area (Å²) in [6.07, 6.45) is 13.8. The lowest BCUT2D eigenvalue weighted by Crippen LogP contribution is -2.55. The van der Waals surface area contributed by atoms with Crippen molar-refractivity contribution in [3.05, 3.63) is 66.0 Å². The predicted molar refractivity (Wildman–Crippen MR) is 183 cm³/mol. The third kappa shape index (κ3) is 7.83. The fraction of sp³-hybridized carbons (Fsp3) is 0.553. The zero-order valence-corrected chi connectivity index (χ0v) is 28.2. The van der Waals surface area contributed by atoms with Crippen LogP contribution in [0, 0.1) is 12.8 Å². The molecule has 1 heterocycles. The van der Waals surface area contributed by atoms with Crippen LogP contribution >= 0.6 is 0 Å². The molecule has 2 amide bonds. The van der Waals surface area contributed by atoms with Gasteiger partial charge in [0.25, 0.3) is 5.91 Å². The van der Waals surface area contributed by atoms with Gasteiger partial charge in [-0.3, -0.25) is 9.48 Å². The van der Waals surface area contributed by atoms with E-state index in [1.165, 1.54) is 18.4 Å². The molecule has 0 atom stereocenters. The summed E-state index contributed by atoms with van der Waals surface area (Å²) in [6, 6.07) is 15.3. The van der Waals surface area contributed by atoms with Crippen LogP contribution in [0.2, 0.25) is 0 Å². The maximum atomic E-state index is 14.9. The van der Waals surface area contributed by atoms with Gasteiger partial charge in [0.05, 0.1) is 26.0 Å². The van der Waals surface area contributed by atoms with Crippen LogP contribution in [0.3, 0.4) is 0 Å². The minimum atomic E-state index is -1.19. The minimum absolute atomic E-state index is 0.113. The first kappa shape index (κ1) is 33.1. The smallest absolute Gasteiger partial charge is 0.408 e. The molecule has 3 fully saturated rings. The second-order valence-electron chi connectivity index (χ2n) is 13.7. The number of nitrogens with one attached hydrogen (secondary N) is 1. The molecule has 9 heteroatoms. The summed E-state index contributed by atoms with van der Waals surface area (Å²) >= 11 is 0. The number of anilines is 1. The normalized spacial score (nSPS) is 20.7. The number of aryl methyl sites for hydroxylation is 1. The second-order valence-corrected chi connectivity index (χ2v) is 13.7. The molecule has 0 radical (unpaired) electrons. The van der Waals surface area contributed by atoms with E-state index in [9.17, 15) is 9.59 Å². The number of rotatable bonds is 12. The highest BCUT2D eigenvalue weighted by molar-refractivity contribution is 6.01. The lowest BCUT2D eigenvalue weighted by molar-refractivity contribution is -0.140. The first-order chi connectivity index (χ1) is 22.9. The first-order valence-corrected chi connectivity index (χ1v) is 17.5. The molecule has 0 spiro atoms. The lowest BCUT2D eigenvalue weighted by Gasteiger charge is -2.41. The van der Waals surface area contributed by atoms with Crippen molar-refractivity contribution in [3.8, 4) is 16.9 Å². The van der Waals surface area contributed by atoms with Crippen LogP contribution in [0.5, 0.6) is 5.75 Å². The molecule has 0 unspecified atom stereocenters.